The third-order valence-electron chi connectivity index (χ3n) is 2.32. The molecular weight excluding hydrogens is 198 g/mol. The van der Waals surface area contributed by atoms with Gasteiger partial charge < -0.3 is 5.32 Å². The molecular formula is C10H16ClN3. The number of anilines is 1. The first-order valence-electron chi connectivity index (χ1n) is 4.63. The van der Waals surface area contributed by atoms with Gasteiger partial charge in [-0.15, -0.1) is 11.6 Å². The number of rotatable bonds is 3. The first-order chi connectivity index (χ1) is 6.43. The van der Waals surface area contributed by atoms with E-state index in [4.69, 9.17) is 11.6 Å². The lowest BCUT2D eigenvalue weighted by Gasteiger charge is -2.29. The number of aryl methyl sites for hydroxylation is 1. The summed E-state index contributed by atoms with van der Waals surface area (Å²) in [7, 11) is 0. The van der Waals surface area contributed by atoms with E-state index in [0.29, 0.717) is 0 Å². The van der Waals surface area contributed by atoms with Gasteiger partial charge in [0, 0.05) is 17.9 Å². The van der Waals surface area contributed by atoms with Crippen molar-refractivity contribution in [2.45, 2.75) is 38.6 Å². The molecule has 78 valence electrons. The van der Waals surface area contributed by atoms with Crippen molar-refractivity contribution in [1.29, 1.82) is 0 Å². The number of hydrogen-bond donors (Lipinski definition) is 1. The predicted octanol–water partition coefficient (Wildman–Crippen LogP) is 2.60. The van der Waals surface area contributed by atoms with Gasteiger partial charge in [0.2, 0.25) is 0 Å². The largest absolute Gasteiger partial charge is 0.362 e. The van der Waals surface area contributed by atoms with Crippen molar-refractivity contribution in [2.75, 3.05) is 5.32 Å². The first kappa shape index (κ1) is 11.2. The molecule has 1 aromatic heterocycles. The maximum atomic E-state index is 6.06. The molecule has 4 heteroatoms. The molecule has 0 spiro atoms. The van der Waals surface area contributed by atoms with Crippen LogP contribution >= 0.6 is 11.6 Å². The Morgan fingerprint density at radius 2 is 1.93 bits per heavy atom. The van der Waals surface area contributed by atoms with E-state index in [1.807, 2.05) is 27.7 Å². The van der Waals surface area contributed by atoms with Crippen LogP contribution in [0.3, 0.4) is 0 Å². The highest BCUT2D eigenvalue weighted by atomic mass is 35.5. The van der Waals surface area contributed by atoms with E-state index in [1.165, 1.54) is 0 Å². The molecule has 0 saturated carbocycles. The molecule has 14 heavy (non-hydrogen) atoms. The summed E-state index contributed by atoms with van der Waals surface area (Å²) in [5.41, 5.74) is 0.695. The topological polar surface area (TPSA) is 37.8 Å². The highest BCUT2D eigenvalue weighted by Gasteiger charge is 2.24. The Morgan fingerprint density at radius 3 is 2.43 bits per heavy atom. The van der Waals surface area contributed by atoms with E-state index in [1.54, 1.807) is 12.4 Å². The number of aromatic nitrogens is 2. The smallest absolute Gasteiger partial charge is 0.147 e. The van der Waals surface area contributed by atoms with E-state index >= 15 is 0 Å². The summed E-state index contributed by atoms with van der Waals surface area (Å²) in [5, 5.41) is 3.30. The third kappa shape index (κ3) is 2.58. The molecule has 1 atom stereocenters. The van der Waals surface area contributed by atoms with E-state index in [9.17, 15) is 0 Å². The normalized spacial score (nSPS) is 13.8. The van der Waals surface area contributed by atoms with Crippen LogP contribution in [0.2, 0.25) is 0 Å². The number of hydrogen-bond acceptors (Lipinski definition) is 3. The van der Waals surface area contributed by atoms with Gasteiger partial charge in [-0.1, -0.05) is 0 Å². The molecule has 1 rings (SSSR count). The highest BCUT2D eigenvalue weighted by molar-refractivity contribution is 6.21. The molecule has 0 radical (unpaired) electrons. The molecule has 3 nitrogen and oxygen atoms in total. The van der Waals surface area contributed by atoms with E-state index in [-0.39, 0.29) is 10.9 Å². The number of nitrogens with zero attached hydrogens (tertiary/aromatic N) is 2. The minimum absolute atomic E-state index is 0.0175. The molecule has 0 aromatic carbocycles. The maximum absolute atomic E-state index is 6.06. The Bertz CT molecular complexity index is 310. The van der Waals surface area contributed by atoms with E-state index in [0.717, 1.165) is 11.5 Å². The van der Waals surface area contributed by atoms with Gasteiger partial charge in [-0.2, -0.15) is 0 Å². The minimum Gasteiger partial charge on any atom is -0.362 e. The van der Waals surface area contributed by atoms with Crippen molar-refractivity contribution < 1.29 is 0 Å². The predicted molar refractivity (Wildman–Crippen MR) is 59.8 cm³/mol. The Labute approximate surface area is 89.9 Å². The second kappa shape index (κ2) is 4.13. The fraction of sp³-hybridized carbons (Fsp3) is 0.600. The van der Waals surface area contributed by atoms with Crippen molar-refractivity contribution in [3.63, 3.8) is 0 Å². The van der Waals surface area contributed by atoms with Crippen molar-refractivity contribution >= 4 is 17.4 Å². The molecule has 0 bridgehead atoms. The average molecular weight is 214 g/mol. The summed E-state index contributed by atoms with van der Waals surface area (Å²) >= 11 is 6.06. The SMILES string of the molecule is Cc1nccnc1NC(C)(C)C(C)Cl. The zero-order valence-electron chi connectivity index (χ0n) is 9.00. The average Bonchev–Trinajstić information content (AvgIpc) is 2.08. The zero-order chi connectivity index (χ0) is 10.8. The molecule has 0 amide bonds. The highest BCUT2D eigenvalue weighted by Crippen LogP contribution is 2.21. The fourth-order valence-electron chi connectivity index (χ4n) is 0.935. The van der Waals surface area contributed by atoms with Gasteiger partial charge in [-0.3, -0.25) is 4.98 Å². The van der Waals surface area contributed by atoms with Gasteiger partial charge in [0.1, 0.15) is 5.82 Å². The summed E-state index contributed by atoms with van der Waals surface area (Å²) in [4.78, 5) is 8.37. The lowest BCUT2D eigenvalue weighted by Crippen LogP contribution is -2.39. The van der Waals surface area contributed by atoms with Gasteiger partial charge in [-0.05, 0) is 27.7 Å². The van der Waals surface area contributed by atoms with Crippen LogP contribution in [0.25, 0.3) is 0 Å². The van der Waals surface area contributed by atoms with Gasteiger partial charge in [-0.25, -0.2) is 4.98 Å². The van der Waals surface area contributed by atoms with Crippen molar-refractivity contribution in [1.82, 2.24) is 9.97 Å². The Hall–Kier alpha value is -0.830. The number of alkyl halides is 1. The summed E-state index contributed by atoms with van der Waals surface area (Å²) in [6.45, 7) is 7.96. The summed E-state index contributed by atoms with van der Waals surface area (Å²) in [6.07, 6.45) is 3.35. The van der Waals surface area contributed by atoms with Crippen molar-refractivity contribution in [3.8, 4) is 0 Å². The van der Waals surface area contributed by atoms with Crippen LogP contribution in [0.5, 0.6) is 0 Å². The van der Waals surface area contributed by atoms with E-state index in [2.05, 4.69) is 15.3 Å². The third-order valence-corrected chi connectivity index (χ3v) is 2.86. The van der Waals surface area contributed by atoms with Crippen LogP contribution in [-0.2, 0) is 0 Å². The zero-order valence-corrected chi connectivity index (χ0v) is 9.76. The molecule has 0 saturated heterocycles. The van der Waals surface area contributed by atoms with Gasteiger partial charge in [0.05, 0.1) is 11.1 Å². The van der Waals surface area contributed by atoms with Gasteiger partial charge in [0.25, 0.3) is 0 Å². The second-order valence-electron chi connectivity index (χ2n) is 3.95. The number of halogens is 1. The van der Waals surface area contributed by atoms with Crippen LogP contribution in [0.4, 0.5) is 5.82 Å². The Balaban J connectivity index is 2.84. The summed E-state index contributed by atoms with van der Waals surface area (Å²) < 4.78 is 0. The lowest BCUT2D eigenvalue weighted by molar-refractivity contribution is 0.551. The molecule has 1 heterocycles. The van der Waals surface area contributed by atoms with Gasteiger partial charge >= 0.3 is 0 Å². The lowest BCUT2D eigenvalue weighted by atomic mass is 10.0. The molecule has 0 aliphatic carbocycles. The summed E-state index contributed by atoms with van der Waals surface area (Å²) in [5.74, 6) is 0.796. The first-order valence-corrected chi connectivity index (χ1v) is 5.07. The Morgan fingerprint density at radius 1 is 1.36 bits per heavy atom. The molecule has 1 N–H and O–H groups in total. The van der Waals surface area contributed by atoms with Crippen LogP contribution < -0.4 is 5.32 Å². The fourth-order valence-corrected chi connectivity index (χ4v) is 0.989. The minimum atomic E-state index is -0.192. The molecule has 1 unspecified atom stereocenters. The van der Waals surface area contributed by atoms with Crippen molar-refractivity contribution in [2.24, 2.45) is 0 Å². The van der Waals surface area contributed by atoms with E-state index < -0.39 is 0 Å². The van der Waals surface area contributed by atoms with Crippen molar-refractivity contribution in [3.05, 3.63) is 18.1 Å². The van der Waals surface area contributed by atoms with Crippen LogP contribution in [0, 0.1) is 6.92 Å². The van der Waals surface area contributed by atoms with Crippen LogP contribution in [-0.4, -0.2) is 20.9 Å². The molecule has 0 aliphatic rings. The monoisotopic (exact) mass is 213 g/mol. The Kier molecular flexibility index (Phi) is 3.32. The van der Waals surface area contributed by atoms with Gasteiger partial charge in [0.15, 0.2) is 0 Å². The molecule has 0 fully saturated rings. The standard InChI is InChI=1S/C10H16ClN3/c1-7-9(13-6-5-12-7)14-10(3,4)8(2)11/h5-6,8H,1-4H3,(H,13,14). The quantitative estimate of drug-likeness (QED) is 0.785. The number of nitrogens with one attached hydrogen (secondary N) is 1. The van der Waals surface area contributed by atoms with Crippen LogP contribution in [0.1, 0.15) is 26.5 Å². The summed E-state index contributed by atoms with van der Waals surface area (Å²) in [6, 6.07) is 0. The second-order valence-corrected chi connectivity index (χ2v) is 4.61. The molecule has 0 aliphatic heterocycles. The maximum Gasteiger partial charge on any atom is 0.147 e. The molecule has 1 aromatic rings. The van der Waals surface area contributed by atoms with Crippen LogP contribution in [0.15, 0.2) is 12.4 Å².